The zero-order chi connectivity index (χ0) is 16.2. The van der Waals surface area contributed by atoms with Crippen molar-refractivity contribution in [2.24, 2.45) is 0 Å². The van der Waals surface area contributed by atoms with Crippen molar-refractivity contribution in [3.8, 4) is 0 Å². The summed E-state index contributed by atoms with van der Waals surface area (Å²) in [5.41, 5.74) is 1.09. The predicted octanol–water partition coefficient (Wildman–Crippen LogP) is 3.94. The van der Waals surface area contributed by atoms with Crippen molar-refractivity contribution in [3.63, 3.8) is 0 Å². The second-order valence-corrected chi connectivity index (χ2v) is 7.19. The Morgan fingerprint density at radius 3 is 1.78 bits per heavy atom. The van der Waals surface area contributed by atoms with Crippen molar-refractivity contribution in [1.29, 1.82) is 0 Å². The molecule has 0 amide bonds. The molecule has 1 aliphatic heterocycles. The average Bonchev–Trinajstić information content (AvgIpc) is 2.62. The minimum atomic E-state index is -0.902. The average molecular weight is 310 g/mol. The van der Waals surface area contributed by atoms with Gasteiger partial charge < -0.3 is 9.59 Å². The summed E-state index contributed by atoms with van der Waals surface area (Å²) in [7, 11) is 2.34. The molecule has 2 nitrogen and oxygen atoms in total. The first-order chi connectivity index (χ1) is 11.1. The molecular weight excluding hydrogens is 282 g/mol. The zero-order valence-electron chi connectivity index (χ0n) is 14.1. The van der Waals surface area contributed by atoms with Crippen LogP contribution < -0.4 is 0 Å². The summed E-state index contributed by atoms with van der Waals surface area (Å²) in [6.07, 6.45) is 4.74. The number of hydrogen-bond donors (Lipinski definition) is 1. The number of hydrogen-bond acceptors (Lipinski definition) is 1. The van der Waals surface area contributed by atoms with Crippen LogP contribution >= 0.6 is 0 Å². The van der Waals surface area contributed by atoms with Crippen molar-refractivity contribution < 1.29 is 9.59 Å². The van der Waals surface area contributed by atoms with Crippen LogP contribution in [0.25, 0.3) is 0 Å². The number of nitrogens with zero attached hydrogens (tertiary/aromatic N) is 1. The first kappa shape index (κ1) is 16.2. The SMILES string of the molecule is C[N+]1(CCC(O)(c2ccccc2)c2ccccc2)CCCCC1. The maximum Gasteiger partial charge on any atom is 0.120 e. The molecule has 2 heteroatoms. The van der Waals surface area contributed by atoms with Crippen LogP contribution in [0.4, 0.5) is 0 Å². The van der Waals surface area contributed by atoms with Gasteiger partial charge in [0, 0.05) is 6.42 Å². The summed E-state index contributed by atoms with van der Waals surface area (Å²) in [6.45, 7) is 3.49. The lowest BCUT2D eigenvalue weighted by atomic mass is 9.83. The van der Waals surface area contributed by atoms with Gasteiger partial charge in [-0.3, -0.25) is 0 Å². The fourth-order valence-corrected chi connectivity index (χ4v) is 3.81. The largest absolute Gasteiger partial charge is 0.380 e. The highest BCUT2D eigenvalue weighted by atomic mass is 16.3. The number of aliphatic hydroxyl groups is 1. The minimum absolute atomic E-state index is 0.761. The smallest absolute Gasteiger partial charge is 0.120 e. The Hall–Kier alpha value is -1.64. The number of benzene rings is 2. The van der Waals surface area contributed by atoms with Crippen molar-refractivity contribution in [2.45, 2.75) is 31.3 Å². The Kier molecular flexibility index (Phi) is 4.84. The number of likely N-dealkylation sites (tertiary alicyclic amines) is 1. The summed E-state index contributed by atoms with van der Waals surface area (Å²) < 4.78 is 1.09. The lowest BCUT2D eigenvalue weighted by Gasteiger charge is -2.40. The maximum atomic E-state index is 11.6. The quantitative estimate of drug-likeness (QED) is 0.829. The van der Waals surface area contributed by atoms with Gasteiger partial charge in [0.05, 0.1) is 26.7 Å². The molecule has 1 saturated heterocycles. The van der Waals surface area contributed by atoms with Crippen molar-refractivity contribution in [3.05, 3.63) is 71.8 Å². The highest BCUT2D eigenvalue weighted by molar-refractivity contribution is 5.35. The van der Waals surface area contributed by atoms with Crippen LogP contribution in [0.15, 0.2) is 60.7 Å². The van der Waals surface area contributed by atoms with Gasteiger partial charge in [-0.15, -0.1) is 0 Å². The van der Waals surface area contributed by atoms with E-state index >= 15 is 0 Å². The third-order valence-electron chi connectivity index (χ3n) is 5.41. The molecule has 1 fully saturated rings. The highest BCUT2D eigenvalue weighted by Crippen LogP contribution is 2.34. The maximum absolute atomic E-state index is 11.6. The van der Waals surface area contributed by atoms with Crippen LogP contribution in [0.5, 0.6) is 0 Å². The van der Waals surface area contributed by atoms with Crippen LogP contribution in [0.2, 0.25) is 0 Å². The van der Waals surface area contributed by atoms with Gasteiger partial charge in [-0.25, -0.2) is 0 Å². The van der Waals surface area contributed by atoms with Crippen LogP contribution in [0, 0.1) is 0 Å². The summed E-state index contributed by atoms with van der Waals surface area (Å²) >= 11 is 0. The van der Waals surface area contributed by atoms with Crippen LogP contribution in [0.1, 0.15) is 36.8 Å². The highest BCUT2D eigenvalue weighted by Gasteiger charge is 2.35. The molecule has 0 atom stereocenters. The molecule has 0 aliphatic carbocycles. The monoisotopic (exact) mass is 310 g/mol. The van der Waals surface area contributed by atoms with Gasteiger partial charge in [-0.1, -0.05) is 60.7 Å². The number of rotatable bonds is 5. The molecule has 3 rings (SSSR count). The van der Waals surface area contributed by atoms with Crippen LogP contribution in [0.3, 0.4) is 0 Å². The molecule has 1 heterocycles. The Morgan fingerprint density at radius 1 is 0.826 bits per heavy atom. The standard InChI is InChI=1S/C21H28NO/c1-22(16-9-4-10-17-22)18-15-21(23,19-11-5-2-6-12-19)20-13-7-3-8-14-20/h2-3,5-8,11-14,23H,4,9-10,15-18H2,1H3/q+1. The summed E-state index contributed by atoms with van der Waals surface area (Å²) in [4.78, 5) is 0. The van der Waals surface area contributed by atoms with E-state index in [4.69, 9.17) is 0 Å². The van der Waals surface area contributed by atoms with E-state index in [1.807, 2.05) is 60.7 Å². The van der Waals surface area contributed by atoms with Crippen molar-refractivity contribution >= 4 is 0 Å². The van der Waals surface area contributed by atoms with Crippen molar-refractivity contribution in [1.82, 2.24) is 0 Å². The van der Waals surface area contributed by atoms with E-state index in [-0.39, 0.29) is 0 Å². The Bertz CT molecular complexity index is 563. The minimum Gasteiger partial charge on any atom is -0.380 e. The van der Waals surface area contributed by atoms with Gasteiger partial charge in [0.15, 0.2) is 0 Å². The van der Waals surface area contributed by atoms with Crippen LogP contribution in [-0.2, 0) is 5.60 Å². The molecule has 0 bridgehead atoms. The lowest BCUT2D eigenvalue weighted by molar-refractivity contribution is -0.914. The van der Waals surface area contributed by atoms with Gasteiger partial charge in [0.1, 0.15) is 5.60 Å². The summed E-state index contributed by atoms with van der Waals surface area (Å²) in [6, 6.07) is 20.3. The van der Waals surface area contributed by atoms with Crippen LogP contribution in [-0.4, -0.2) is 36.3 Å². The Morgan fingerprint density at radius 2 is 1.30 bits per heavy atom. The number of quaternary nitrogens is 1. The topological polar surface area (TPSA) is 20.2 Å². The molecule has 2 aromatic carbocycles. The second-order valence-electron chi connectivity index (χ2n) is 7.19. The summed E-state index contributed by atoms with van der Waals surface area (Å²) in [5, 5.41) is 11.6. The third-order valence-corrected chi connectivity index (χ3v) is 5.41. The lowest BCUT2D eigenvalue weighted by Crippen LogP contribution is -2.50. The Labute approximate surface area is 140 Å². The summed E-state index contributed by atoms with van der Waals surface area (Å²) in [5.74, 6) is 0. The molecule has 0 radical (unpaired) electrons. The van der Waals surface area contributed by atoms with Crippen molar-refractivity contribution in [2.75, 3.05) is 26.7 Å². The van der Waals surface area contributed by atoms with Gasteiger partial charge in [-0.2, -0.15) is 0 Å². The van der Waals surface area contributed by atoms with E-state index in [9.17, 15) is 5.11 Å². The van der Waals surface area contributed by atoms with Gasteiger partial charge >= 0.3 is 0 Å². The normalized spacial score (nSPS) is 17.8. The molecule has 23 heavy (non-hydrogen) atoms. The number of piperidine rings is 1. The van der Waals surface area contributed by atoms with Gasteiger partial charge in [-0.05, 0) is 30.4 Å². The first-order valence-electron chi connectivity index (χ1n) is 8.79. The molecule has 1 N–H and O–H groups in total. The van der Waals surface area contributed by atoms with E-state index in [0.29, 0.717) is 0 Å². The zero-order valence-corrected chi connectivity index (χ0v) is 14.1. The molecule has 0 unspecified atom stereocenters. The van der Waals surface area contributed by atoms with E-state index in [1.165, 1.54) is 32.4 Å². The third kappa shape index (κ3) is 3.65. The Balaban J connectivity index is 1.87. The van der Waals surface area contributed by atoms with Gasteiger partial charge in [0.25, 0.3) is 0 Å². The van der Waals surface area contributed by atoms with E-state index in [2.05, 4.69) is 7.05 Å². The molecular formula is C21H28NO+. The molecule has 0 spiro atoms. The fraction of sp³-hybridized carbons (Fsp3) is 0.429. The van der Waals surface area contributed by atoms with E-state index in [0.717, 1.165) is 28.6 Å². The first-order valence-corrected chi connectivity index (χ1v) is 8.79. The van der Waals surface area contributed by atoms with Gasteiger partial charge in [0.2, 0.25) is 0 Å². The predicted molar refractivity (Wildman–Crippen MR) is 95.1 cm³/mol. The van der Waals surface area contributed by atoms with E-state index in [1.54, 1.807) is 0 Å². The fourth-order valence-electron chi connectivity index (χ4n) is 3.81. The molecule has 1 aliphatic rings. The molecule has 0 saturated carbocycles. The second kappa shape index (κ2) is 6.86. The molecule has 122 valence electrons. The molecule has 0 aromatic heterocycles. The van der Waals surface area contributed by atoms with E-state index < -0.39 is 5.60 Å². The molecule has 2 aromatic rings.